The van der Waals surface area contributed by atoms with Crippen molar-refractivity contribution < 1.29 is 4.79 Å². The van der Waals surface area contributed by atoms with Gasteiger partial charge in [0.15, 0.2) is 11.0 Å². The number of thiophene rings is 1. The van der Waals surface area contributed by atoms with Crippen molar-refractivity contribution in [3.8, 4) is 17.5 Å². The van der Waals surface area contributed by atoms with Gasteiger partial charge >= 0.3 is 0 Å². The average molecular weight is 466 g/mol. The molecule has 2 aromatic heterocycles. The predicted molar refractivity (Wildman–Crippen MR) is 130 cm³/mol. The van der Waals surface area contributed by atoms with Gasteiger partial charge in [-0.05, 0) is 35.3 Å². The van der Waals surface area contributed by atoms with Crippen molar-refractivity contribution in [3.63, 3.8) is 0 Å². The molecule has 2 heterocycles. The maximum Gasteiger partial charge on any atom is 0.235 e. The molecule has 0 saturated heterocycles. The van der Waals surface area contributed by atoms with Crippen molar-refractivity contribution >= 4 is 34.0 Å². The fraction of sp³-hybridized carbons (Fsp3) is 0.417. The highest BCUT2D eigenvalue weighted by atomic mass is 32.2. The number of amides is 1. The van der Waals surface area contributed by atoms with E-state index in [0.29, 0.717) is 16.6 Å². The van der Waals surface area contributed by atoms with E-state index in [9.17, 15) is 4.79 Å². The normalized spacial score (nSPS) is 14.4. The third kappa shape index (κ3) is 4.89. The zero-order valence-electron chi connectivity index (χ0n) is 18.6. The number of nitriles is 1. The molecular weight excluding hydrogens is 438 g/mol. The third-order valence-electron chi connectivity index (χ3n) is 5.73. The minimum Gasteiger partial charge on any atom is -0.316 e. The summed E-state index contributed by atoms with van der Waals surface area (Å²) in [5, 5.41) is 24.1. The van der Waals surface area contributed by atoms with Crippen LogP contribution in [-0.4, -0.2) is 26.4 Å². The summed E-state index contributed by atoms with van der Waals surface area (Å²) in [6.45, 7) is 6.62. The molecule has 1 saturated carbocycles. The van der Waals surface area contributed by atoms with Gasteiger partial charge in [0.2, 0.25) is 5.91 Å². The third-order valence-corrected chi connectivity index (χ3v) is 7.51. The summed E-state index contributed by atoms with van der Waals surface area (Å²) in [6.07, 6.45) is 4.60. The highest BCUT2D eigenvalue weighted by Gasteiger charge is 2.26. The molecule has 166 valence electrons. The Morgan fingerprint density at radius 2 is 1.94 bits per heavy atom. The molecule has 1 aliphatic carbocycles. The Morgan fingerprint density at radius 3 is 2.59 bits per heavy atom. The van der Waals surface area contributed by atoms with Crippen LogP contribution in [0.25, 0.3) is 11.4 Å². The van der Waals surface area contributed by atoms with Crippen molar-refractivity contribution in [1.82, 2.24) is 14.8 Å². The van der Waals surface area contributed by atoms with Gasteiger partial charge in [-0.25, -0.2) is 0 Å². The van der Waals surface area contributed by atoms with Crippen molar-refractivity contribution in [1.29, 1.82) is 5.26 Å². The summed E-state index contributed by atoms with van der Waals surface area (Å²) >= 11 is 2.75. The van der Waals surface area contributed by atoms with Gasteiger partial charge in [0.25, 0.3) is 0 Å². The number of aromatic nitrogens is 3. The van der Waals surface area contributed by atoms with Gasteiger partial charge in [-0.1, -0.05) is 69.6 Å². The van der Waals surface area contributed by atoms with Crippen molar-refractivity contribution in [2.24, 2.45) is 0 Å². The van der Waals surface area contributed by atoms with Gasteiger partial charge < -0.3 is 5.32 Å². The topological polar surface area (TPSA) is 83.6 Å². The van der Waals surface area contributed by atoms with E-state index in [1.165, 1.54) is 41.5 Å². The zero-order valence-corrected chi connectivity index (χ0v) is 20.2. The lowest BCUT2D eigenvalue weighted by Crippen LogP contribution is -2.15. The van der Waals surface area contributed by atoms with E-state index in [1.54, 1.807) is 11.4 Å². The van der Waals surface area contributed by atoms with Gasteiger partial charge in [0, 0.05) is 11.6 Å². The SMILES string of the molecule is CC(C)(C)c1ccc(-c2nnc(SCC(=O)Nc3sccc3C#N)n2C2CCCC2)cc1. The molecule has 8 heteroatoms. The molecule has 0 radical (unpaired) electrons. The van der Waals surface area contributed by atoms with Gasteiger partial charge in [-0.3, -0.25) is 9.36 Å². The molecular formula is C24H27N5OS2. The van der Waals surface area contributed by atoms with E-state index in [4.69, 9.17) is 5.26 Å². The summed E-state index contributed by atoms with van der Waals surface area (Å²) in [5.41, 5.74) is 2.92. The molecule has 1 N–H and O–H groups in total. The van der Waals surface area contributed by atoms with Crippen LogP contribution < -0.4 is 5.32 Å². The number of rotatable bonds is 6. The lowest BCUT2D eigenvalue weighted by molar-refractivity contribution is -0.113. The number of anilines is 1. The van der Waals surface area contributed by atoms with Crippen LogP contribution >= 0.6 is 23.1 Å². The zero-order chi connectivity index (χ0) is 22.7. The van der Waals surface area contributed by atoms with Gasteiger partial charge in [0.1, 0.15) is 11.1 Å². The molecule has 3 aromatic rings. The standard InChI is InChI=1S/C24H27N5OS2/c1-24(2,3)18-10-8-16(9-11-18)21-27-28-23(29(21)19-6-4-5-7-19)32-15-20(30)26-22-17(14-25)12-13-31-22/h8-13,19H,4-7,15H2,1-3H3,(H,26,30). The molecule has 32 heavy (non-hydrogen) atoms. The minimum absolute atomic E-state index is 0.0972. The average Bonchev–Trinajstić information content (AvgIpc) is 3.52. The number of carbonyl (C=O) groups is 1. The summed E-state index contributed by atoms with van der Waals surface area (Å²) in [7, 11) is 0. The Hall–Kier alpha value is -2.63. The predicted octanol–water partition coefficient (Wildman–Crippen LogP) is 6.02. The Balaban J connectivity index is 1.54. The molecule has 0 aliphatic heterocycles. The Bertz CT molecular complexity index is 1130. The first-order valence-electron chi connectivity index (χ1n) is 10.8. The van der Waals surface area contributed by atoms with Crippen LogP contribution in [-0.2, 0) is 10.2 Å². The number of thioether (sulfide) groups is 1. The van der Waals surface area contributed by atoms with E-state index >= 15 is 0 Å². The number of nitrogens with zero attached hydrogens (tertiary/aromatic N) is 4. The Labute approximate surface area is 197 Å². The van der Waals surface area contributed by atoms with E-state index in [0.717, 1.165) is 29.4 Å². The number of benzene rings is 1. The molecule has 0 unspecified atom stereocenters. The maximum absolute atomic E-state index is 12.5. The number of hydrogen-bond donors (Lipinski definition) is 1. The second-order valence-electron chi connectivity index (χ2n) is 9.05. The molecule has 0 spiro atoms. The first-order chi connectivity index (χ1) is 15.4. The van der Waals surface area contributed by atoms with E-state index < -0.39 is 0 Å². The van der Waals surface area contributed by atoms with Crippen molar-refractivity contribution in [2.45, 2.75) is 63.1 Å². The van der Waals surface area contributed by atoms with Crippen LogP contribution in [0.4, 0.5) is 5.00 Å². The van der Waals surface area contributed by atoms with Crippen LogP contribution in [0.15, 0.2) is 40.9 Å². The monoisotopic (exact) mass is 465 g/mol. The second kappa shape index (κ2) is 9.47. The maximum atomic E-state index is 12.5. The number of hydrogen-bond acceptors (Lipinski definition) is 6. The van der Waals surface area contributed by atoms with Crippen LogP contribution in [0.2, 0.25) is 0 Å². The van der Waals surface area contributed by atoms with Gasteiger partial charge in [0.05, 0.1) is 11.3 Å². The summed E-state index contributed by atoms with van der Waals surface area (Å²) in [6, 6.07) is 12.7. The van der Waals surface area contributed by atoms with E-state index in [2.05, 4.69) is 71.2 Å². The molecule has 4 rings (SSSR count). The smallest absolute Gasteiger partial charge is 0.235 e. The summed E-state index contributed by atoms with van der Waals surface area (Å²) < 4.78 is 2.23. The number of nitrogens with one attached hydrogen (secondary N) is 1. The summed E-state index contributed by atoms with van der Waals surface area (Å²) in [5.74, 6) is 0.938. The van der Waals surface area contributed by atoms with Crippen LogP contribution in [0.3, 0.4) is 0 Å². The second-order valence-corrected chi connectivity index (χ2v) is 10.9. The molecule has 6 nitrogen and oxygen atoms in total. The minimum atomic E-state index is -0.147. The quantitative estimate of drug-likeness (QED) is 0.450. The molecule has 0 atom stereocenters. The molecule has 1 aromatic carbocycles. The van der Waals surface area contributed by atoms with Crippen molar-refractivity contribution in [3.05, 3.63) is 46.8 Å². The number of carbonyl (C=O) groups excluding carboxylic acids is 1. The molecule has 1 amide bonds. The van der Waals surface area contributed by atoms with E-state index in [-0.39, 0.29) is 17.1 Å². The largest absolute Gasteiger partial charge is 0.316 e. The lowest BCUT2D eigenvalue weighted by atomic mass is 9.86. The Morgan fingerprint density at radius 1 is 1.22 bits per heavy atom. The van der Waals surface area contributed by atoms with Crippen LogP contribution in [0.1, 0.15) is 63.6 Å². The first kappa shape index (κ1) is 22.6. The highest BCUT2D eigenvalue weighted by molar-refractivity contribution is 7.99. The molecule has 1 fully saturated rings. The highest BCUT2D eigenvalue weighted by Crippen LogP contribution is 2.37. The summed E-state index contributed by atoms with van der Waals surface area (Å²) in [4.78, 5) is 12.5. The van der Waals surface area contributed by atoms with Gasteiger partial charge in [-0.2, -0.15) is 5.26 Å². The van der Waals surface area contributed by atoms with Crippen LogP contribution in [0, 0.1) is 11.3 Å². The van der Waals surface area contributed by atoms with Gasteiger partial charge in [-0.15, -0.1) is 21.5 Å². The lowest BCUT2D eigenvalue weighted by Gasteiger charge is -2.20. The van der Waals surface area contributed by atoms with Crippen LogP contribution in [0.5, 0.6) is 0 Å². The fourth-order valence-corrected chi connectivity index (χ4v) is 5.53. The molecule has 1 aliphatic rings. The first-order valence-corrected chi connectivity index (χ1v) is 12.7. The van der Waals surface area contributed by atoms with E-state index in [1.807, 2.05) is 0 Å². The van der Waals surface area contributed by atoms with Crippen molar-refractivity contribution in [2.75, 3.05) is 11.1 Å². The fourth-order valence-electron chi connectivity index (χ4n) is 3.97. The molecule has 0 bridgehead atoms. The Kier molecular flexibility index (Phi) is 6.68.